The number of nitrogens with zero attached hydrogens (tertiary/aromatic N) is 1. The molecule has 1 aromatic heterocycles. The minimum absolute atomic E-state index is 0.155. The first-order chi connectivity index (χ1) is 6.52. The Bertz CT molecular complexity index is 364. The summed E-state index contributed by atoms with van der Waals surface area (Å²) in [7, 11) is 1.64. The minimum atomic E-state index is -0.155. The van der Waals surface area contributed by atoms with Crippen molar-refractivity contribution in [2.75, 3.05) is 13.6 Å². The van der Waals surface area contributed by atoms with E-state index in [2.05, 4.69) is 0 Å². The number of hydrogen-bond acceptors (Lipinski definition) is 3. The zero-order valence-electron chi connectivity index (χ0n) is 7.49. The molecule has 0 aliphatic carbocycles. The van der Waals surface area contributed by atoms with E-state index in [1.54, 1.807) is 18.5 Å². The highest BCUT2D eigenvalue weighted by Gasteiger charge is 2.16. The van der Waals surface area contributed by atoms with Gasteiger partial charge in [-0.1, -0.05) is 23.8 Å². The standard InChI is InChI=1S/C8H9ClN2OS2/c1-11(4-6(10)13)8(12)7-5(9)2-3-14-7/h2-3H,4H2,1H3,(H2,10,13). The largest absolute Gasteiger partial charge is 0.392 e. The maximum atomic E-state index is 11.7. The van der Waals surface area contributed by atoms with E-state index in [1.807, 2.05) is 0 Å². The summed E-state index contributed by atoms with van der Waals surface area (Å²) < 4.78 is 0. The van der Waals surface area contributed by atoms with Crippen LogP contribution in [0.25, 0.3) is 0 Å². The summed E-state index contributed by atoms with van der Waals surface area (Å²) in [5.41, 5.74) is 5.33. The number of halogens is 1. The Kier molecular flexibility index (Phi) is 3.86. The van der Waals surface area contributed by atoms with Crippen LogP contribution in [-0.2, 0) is 0 Å². The van der Waals surface area contributed by atoms with Crippen molar-refractivity contribution in [3.05, 3.63) is 21.3 Å². The van der Waals surface area contributed by atoms with Gasteiger partial charge in [0.2, 0.25) is 0 Å². The summed E-state index contributed by atoms with van der Waals surface area (Å²) in [6.07, 6.45) is 0. The smallest absolute Gasteiger partial charge is 0.265 e. The van der Waals surface area contributed by atoms with E-state index < -0.39 is 0 Å². The second kappa shape index (κ2) is 4.72. The molecular formula is C8H9ClN2OS2. The van der Waals surface area contributed by atoms with Gasteiger partial charge in [0.05, 0.1) is 16.6 Å². The van der Waals surface area contributed by atoms with Crippen LogP contribution in [0.4, 0.5) is 0 Å². The zero-order chi connectivity index (χ0) is 10.7. The minimum Gasteiger partial charge on any atom is -0.392 e. The summed E-state index contributed by atoms with van der Waals surface area (Å²) in [5, 5.41) is 2.24. The fourth-order valence-corrected chi connectivity index (χ4v) is 2.25. The van der Waals surface area contributed by atoms with Gasteiger partial charge < -0.3 is 10.6 Å². The quantitative estimate of drug-likeness (QED) is 0.830. The van der Waals surface area contributed by atoms with Gasteiger partial charge in [0.15, 0.2) is 0 Å². The Morgan fingerprint density at radius 3 is 2.86 bits per heavy atom. The van der Waals surface area contributed by atoms with Crippen molar-refractivity contribution in [2.24, 2.45) is 5.73 Å². The Morgan fingerprint density at radius 2 is 2.43 bits per heavy atom. The number of rotatable bonds is 3. The summed E-state index contributed by atoms with van der Waals surface area (Å²) in [6.45, 7) is 0.266. The third-order valence-corrected chi connectivity index (χ3v) is 3.01. The van der Waals surface area contributed by atoms with Crippen LogP contribution in [0.2, 0.25) is 5.02 Å². The zero-order valence-corrected chi connectivity index (χ0v) is 9.88. The average Bonchev–Trinajstić information content (AvgIpc) is 2.48. The molecule has 0 saturated heterocycles. The lowest BCUT2D eigenvalue weighted by molar-refractivity contribution is 0.0820. The van der Waals surface area contributed by atoms with Gasteiger partial charge >= 0.3 is 0 Å². The fraction of sp³-hybridized carbons (Fsp3) is 0.250. The first kappa shape index (κ1) is 11.4. The molecule has 0 saturated carbocycles. The summed E-state index contributed by atoms with van der Waals surface area (Å²) in [5.74, 6) is -0.155. The van der Waals surface area contributed by atoms with Crippen molar-refractivity contribution < 1.29 is 4.79 Å². The Morgan fingerprint density at radius 1 is 1.79 bits per heavy atom. The number of likely N-dealkylation sites (N-methyl/N-ethyl adjacent to an activating group) is 1. The monoisotopic (exact) mass is 248 g/mol. The number of nitrogens with two attached hydrogens (primary N) is 1. The van der Waals surface area contributed by atoms with Crippen LogP contribution >= 0.6 is 35.2 Å². The van der Waals surface area contributed by atoms with Crippen LogP contribution in [0, 0.1) is 0 Å². The average molecular weight is 249 g/mol. The molecule has 76 valence electrons. The van der Waals surface area contributed by atoms with Gasteiger partial charge in [-0.05, 0) is 11.4 Å². The highest BCUT2D eigenvalue weighted by Crippen LogP contribution is 2.23. The number of amides is 1. The van der Waals surface area contributed by atoms with Crippen molar-refractivity contribution in [1.29, 1.82) is 0 Å². The molecule has 1 amide bonds. The number of carbonyl (C=O) groups excluding carboxylic acids is 1. The second-order valence-corrected chi connectivity index (χ2v) is 4.57. The third kappa shape index (κ3) is 2.67. The van der Waals surface area contributed by atoms with Crippen LogP contribution < -0.4 is 5.73 Å². The summed E-state index contributed by atoms with van der Waals surface area (Å²) in [4.78, 5) is 13.9. The van der Waals surface area contributed by atoms with Gasteiger partial charge in [-0.3, -0.25) is 4.79 Å². The fourth-order valence-electron chi connectivity index (χ4n) is 0.925. The SMILES string of the molecule is CN(CC(N)=S)C(=O)c1sccc1Cl. The van der Waals surface area contributed by atoms with E-state index in [1.165, 1.54) is 16.2 Å². The highest BCUT2D eigenvalue weighted by atomic mass is 35.5. The first-order valence-corrected chi connectivity index (χ1v) is 5.45. The van der Waals surface area contributed by atoms with Gasteiger partial charge in [0.25, 0.3) is 5.91 Å². The Hall–Kier alpha value is -0.650. The maximum Gasteiger partial charge on any atom is 0.265 e. The van der Waals surface area contributed by atoms with E-state index in [0.717, 1.165) is 0 Å². The predicted octanol–water partition coefficient (Wildman–Crippen LogP) is 1.76. The molecule has 3 nitrogen and oxygen atoms in total. The molecule has 0 unspecified atom stereocenters. The van der Waals surface area contributed by atoms with Crippen LogP contribution in [-0.4, -0.2) is 29.4 Å². The normalized spacial score (nSPS) is 9.86. The molecule has 0 bridgehead atoms. The van der Waals surface area contributed by atoms with Gasteiger partial charge in [-0.25, -0.2) is 0 Å². The number of hydrogen-bond donors (Lipinski definition) is 1. The van der Waals surface area contributed by atoms with Crippen LogP contribution in [0.3, 0.4) is 0 Å². The van der Waals surface area contributed by atoms with Crippen molar-refractivity contribution in [2.45, 2.75) is 0 Å². The number of thiocarbonyl (C=S) groups is 1. The number of carbonyl (C=O) groups is 1. The van der Waals surface area contributed by atoms with E-state index in [4.69, 9.17) is 29.6 Å². The predicted molar refractivity (Wildman–Crippen MR) is 63.1 cm³/mol. The summed E-state index contributed by atoms with van der Waals surface area (Å²) >= 11 is 11.8. The Balaban J connectivity index is 2.76. The van der Waals surface area contributed by atoms with E-state index >= 15 is 0 Å². The van der Waals surface area contributed by atoms with E-state index in [9.17, 15) is 4.79 Å². The Labute approximate surface area is 96.5 Å². The molecule has 6 heteroatoms. The molecule has 0 aromatic carbocycles. The van der Waals surface area contributed by atoms with Crippen molar-refractivity contribution in [1.82, 2.24) is 4.90 Å². The molecule has 0 aliphatic rings. The van der Waals surface area contributed by atoms with Crippen molar-refractivity contribution >= 4 is 46.1 Å². The molecular weight excluding hydrogens is 240 g/mol. The molecule has 0 spiro atoms. The molecule has 0 radical (unpaired) electrons. The van der Waals surface area contributed by atoms with Gasteiger partial charge in [0.1, 0.15) is 4.88 Å². The van der Waals surface area contributed by atoms with Gasteiger partial charge in [0, 0.05) is 7.05 Å². The van der Waals surface area contributed by atoms with Crippen molar-refractivity contribution in [3.63, 3.8) is 0 Å². The van der Waals surface area contributed by atoms with Crippen LogP contribution in [0.1, 0.15) is 9.67 Å². The second-order valence-electron chi connectivity index (χ2n) is 2.73. The lowest BCUT2D eigenvalue weighted by atomic mass is 10.4. The molecule has 0 atom stereocenters. The van der Waals surface area contributed by atoms with Crippen LogP contribution in [0.15, 0.2) is 11.4 Å². The summed E-state index contributed by atoms with van der Waals surface area (Å²) in [6, 6.07) is 1.69. The van der Waals surface area contributed by atoms with E-state index in [0.29, 0.717) is 9.90 Å². The first-order valence-electron chi connectivity index (χ1n) is 3.79. The number of thiophene rings is 1. The van der Waals surface area contributed by atoms with Crippen LogP contribution in [0.5, 0.6) is 0 Å². The molecule has 1 heterocycles. The molecule has 14 heavy (non-hydrogen) atoms. The molecule has 0 aliphatic heterocycles. The topological polar surface area (TPSA) is 46.3 Å². The molecule has 1 aromatic rings. The van der Waals surface area contributed by atoms with E-state index in [-0.39, 0.29) is 17.4 Å². The third-order valence-electron chi connectivity index (χ3n) is 1.55. The van der Waals surface area contributed by atoms with Crippen molar-refractivity contribution in [3.8, 4) is 0 Å². The molecule has 0 fully saturated rings. The highest BCUT2D eigenvalue weighted by molar-refractivity contribution is 7.80. The molecule has 1 rings (SSSR count). The van der Waals surface area contributed by atoms with Gasteiger partial charge in [-0.15, -0.1) is 11.3 Å². The lowest BCUT2D eigenvalue weighted by Gasteiger charge is -2.15. The maximum absolute atomic E-state index is 11.7. The lowest BCUT2D eigenvalue weighted by Crippen LogP contribution is -2.34. The molecule has 2 N–H and O–H groups in total. The van der Waals surface area contributed by atoms with Gasteiger partial charge in [-0.2, -0.15) is 0 Å².